The molecule has 1 aliphatic rings. The van der Waals surface area contributed by atoms with E-state index >= 15 is 0 Å². The Kier molecular flexibility index (Phi) is 4.90. The van der Waals surface area contributed by atoms with Crippen molar-refractivity contribution in [3.05, 3.63) is 54.3 Å². The van der Waals surface area contributed by atoms with Crippen molar-refractivity contribution < 1.29 is 22.4 Å². The summed E-state index contributed by atoms with van der Waals surface area (Å²) >= 11 is 0. The summed E-state index contributed by atoms with van der Waals surface area (Å²) in [6.45, 7) is 0.375. The zero-order valence-electron chi connectivity index (χ0n) is 13.6. The van der Waals surface area contributed by atoms with Crippen molar-refractivity contribution in [1.82, 2.24) is 0 Å². The van der Waals surface area contributed by atoms with Crippen LogP contribution in [0.2, 0.25) is 0 Å². The van der Waals surface area contributed by atoms with Gasteiger partial charge in [-0.25, -0.2) is 12.8 Å². The molecule has 0 spiro atoms. The SMILES string of the molecule is O=C(Nc1cccc(F)c1)C(=O)Nc1cccc(N2CCCS2(=O)=O)c1. The minimum Gasteiger partial charge on any atom is -0.318 e. The summed E-state index contributed by atoms with van der Waals surface area (Å²) in [5.41, 5.74) is 0.858. The van der Waals surface area contributed by atoms with Crippen molar-refractivity contribution in [3.63, 3.8) is 0 Å². The van der Waals surface area contributed by atoms with Crippen LogP contribution in [0.1, 0.15) is 6.42 Å². The van der Waals surface area contributed by atoms with E-state index in [0.717, 1.165) is 6.07 Å². The minimum absolute atomic E-state index is 0.0830. The molecule has 2 aromatic rings. The fourth-order valence-electron chi connectivity index (χ4n) is 2.61. The molecule has 0 saturated carbocycles. The van der Waals surface area contributed by atoms with Crippen molar-refractivity contribution >= 4 is 38.9 Å². The van der Waals surface area contributed by atoms with E-state index in [1.807, 2.05) is 0 Å². The number of halogens is 1. The second-order valence-electron chi connectivity index (χ2n) is 5.71. The highest BCUT2D eigenvalue weighted by Crippen LogP contribution is 2.26. The molecule has 1 heterocycles. The lowest BCUT2D eigenvalue weighted by molar-refractivity contribution is -0.132. The molecule has 1 aliphatic heterocycles. The van der Waals surface area contributed by atoms with Gasteiger partial charge in [-0.05, 0) is 42.8 Å². The van der Waals surface area contributed by atoms with Gasteiger partial charge >= 0.3 is 11.8 Å². The van der Waals surface area contributed by atoms with E-state index in [-0.39, 0.29) is 17.1 Å². The van der Waals surface area contributed by atoms with Gasteiger partial charge < -0.3 is 10.6 Å². The van der Waals surface area contributed by atoms with Crippen LogP contribution in [-0.4, -0.2) is 32.5 Å². The highest BCUT2D eigenvalue weighted by atomic mass is 32.2. The first kappa shape index (κ1) is 17.9. The molecule has 136 valence electrons. The summed E-state index contributed by atoms with van der Waals surface area (Å²) in [6, 6.07) is 11.4. The first-order valence-corrected chi connectivity index (χ1v) is 9.44. The van der Waals surface area contributed by atoms with Gasteiger partial charge in [0, 0.05) is 17.9 Å². The highest BCUT2D eigenvalue weighted by molar-refractivity contribution is 7.93. The van der Waals surface area contributed by atoms with Gasteiger partial charge in [-0.2, -0.15) is 0 Å². The third-order valence-electron chi connectivity index (χ3n) is 3.78. The molecule has 3 rings (SSSR count). The Morgan fingerprint density at radius 3 is 2.15 bits per heavy atom. The maximum atomic E-state index is 13.1. The Morgan fingerprint density at radius 1 is 0.962 bits per heavy atom. The van der Waals surface area contributed by atoms with Crippen LogP contribution in [0, 0.1) is 5.82 Å². The van der Waals surface area contributed by atoms with Crippen LogP contribution in [0.15, 0.2) is 48.5 Å². The molecule has 0 aliphatic carbocycles. The fraction of sp³-hybridized carbons (Fsp3) is 0.176. The Balaban J connectivity index is 1.69. The van der Waals surface area contributed by atoms with Crippen molar-refractivity contribution in [2.24, 2.45) is 0 Å². The van der Waals surface area contributed by atoms with Gasteiger partial charge in [0.15, 0.2) is 0 Å². The van der Waals surface area contributed by atoms with E-state index in [2.05, 4.69) is 10.6 Å². The summed E-state index contributed by atoms with van der Waals surface area (Å²) in [6.07, 6.45) is 0.537. The number of amides is 2. The summed E-state index contributed by atoms with van der Waals surface area (Å²) in [7, 11) is -3.34. The topological polar surface area (TPSA) is 95.6 Å². The molecule has 0 radical (unpaired) electrons. The summed E-state index contributed by atoms with van der Waals surface area (Å²) in [5, 5.41) is 4.69. The van der Waals surface area contributed by atoms with E-state index in [1.54, 1.807) is 18.2 Å². The predicted molar refractivity (Wildman–Crippen MR) is 95.9 cm³/mol. The van der Waals surface area contributed by atoms with E-state index in [1.165, 1.54) is 28.6 Å². The molecule has 2 N–H and O–H groups in total. The molecule has 0 unspecified atom stereocenters. The van der Waals surface area contributed by atoms with Crippen LogP contribution in [0.25, 0.3) is 0 Å². The monoisotopic (exact) mass is 377 g/mol. The van der Waals surface area contributed by atoms with Crippen molar-refractivity contribution in [3.8, 4) is 0 Å². The quantitative estimate of drug-likeness (QED) is 0.799. The summed E-state index contributed by atoms with van der Waals surface area (Å²) in [4.78, 5) is 23.9. The van der Waals surface area contributed by atoms with Gasteiger partial charge in [-0.15, -0.1) is 0 Å². The minimum atomic E-state index is -3.34. The average Bonchev–Trinajstić information content (AvgIpc) is 2.94. The number of anilines is 3. The molecular formula is C17H16FN3O4S. The van der Waals surface area contributed by atoms with E-state index in [0.29, 0.717) is 18.7 Å². The normalized spacial score (nSPS) is 15.5. The zero-order valence-corrected chi connectivity index (χ0v) is 14.4. The number of sulfonamides is 1. The maximum Gasteiger partial charge on any atom is 0.314 e. The smallest absolute Gasteiger partial charge is 0.314 e. The van der Waals surface area contributed by atoms with Gasteiger partial charge in [-0.1, -0.05) is 12.1 Å². The van der Waals surface area contributed by atoms with Crippen molar-refractivity contribution in [2.45, 2.75) is 6.42 Å². The average molecular weight is 377 g/mol. The van der Waals surface area contributed by atoms with Gasteiger partial charge in [0.1, 0.15) is 5.82 Å². The number of rotatable bonds is 3. The van der Waals surface area contributed by atoms with E-state index in [4.69, 9.17) is 0 Å². The Hall–Kier alpha value is -2.94. The molecule has 9 heteroatoms. The molecule has 2 aromatic carbocycles. The van der Waals surface area contributed by atoms with Crippen molar-refractivity contribution in [1.29, 1.82) is 0 Å². The van der Waals surface area contributed by atoms with E-state index < -0.39 is 27.7 Å². The number of nitrogens with zero attached hydrogens (tertiary/aromatic N) is 1. The largest absolute Gasteiger partial charge is 0.318 e. The highest BCUT2D eigenvalue weighted by Gasteiger charge is 2.28. The third kappa shape index (κ3) is 3.99. The number of hydrogen-bond acceptors (Lipinski definition) is 4. The number of benzene rings is 2. The van der Waals surface area contributed by atoms with Gasteiger partial charge in [-0.3, -0.25) is 13.9 Å². The predicted octanol–water partition coefficient (Wildman–Crippen LogP) is 1.94. The van der Waals surface area contributed by atoms with Crippen LogP contribution in [0.5, 0.6) is 0 Å². The fourth-order valence-corrected chi connectivity index (χ4v) is 4.17. The summed E-state index contributed by atoms with van der Waals surface area (Å²) in [5.74, 6) is -2.37. The molecule has 2 amide bonds. The maximum absolute atomic E-state index is 13.1. The molecule has 0 aromatic heterocycles. The van der Waals surface area contributed by atoms with Crippen LogP contribution in [-0.2, 0) is 19.6 Å². The lowest BCUT2D eigenvalue weighted by Gasteiger charge is -2.17. The lowest BCUT2D eigenvalue weighted by atomic mass is 10.2. The standard InChI is InChI=1S/C17H16FN3O4S/c18-12-4-1-5-13(10-12)19-16(22)17(23)20-14-6-2-7-15(11-14)21-8-3-9-26(21,24)25/h1-2,4-7,10-11H,3,8-9H2,(H,19,22)(H,20,23). The van der Waals surface area contributed by atoms with Gasteiger partial charge in [0.2, 0.25) is 10.0 Å². The van der Waals surface area contributed by atoms with Crippen LogP contribution in [0.4, 0.5) is 21.5 Å². The van der Waals surface area contributed by atoms with Crippen LogP contribution < -0.4 is 14.9 Å². The third-order valence-corrected chi connectivity index (χ3v) is 5.65. The Labute approximate surface area is 149 Å². The number of nitrogens with one attached hydrogen (secondary N) is 2. The number of carbonyl (C=O) groups is 2. The number of hydrogen-bond donors (Lipinski definition) is 2. The second-order valence-corrected chi connectivity index (χ2v) is 7.72. The van der Waals surface area contributed by atoms with Crippen LogP contribution in [0.3, 0.4) is 0 Å². The molecule has 1 fully saturated rings. The molecule has 7 nitrogen and oxygen atoms in total. The van der Waals surface area contributed by atoms with Gasteiger partial charge in [0.25, 0.3) is 0 Å². The molecule has 0 bridgehead atoms. The number of carbonyl (C=O) groups excluding carboxylic acids is 2. The van der Waals surface area contributed by atoms with E-state index in [9.17, 15) is 22.4 Å². The second kappa shape index (κ2) is 7.12. The molecule has 1 saturated heterocycles. The zero-order chi connectivity index (χ0) is 18.7. The lowest BCUT2D eigenvalue weighted by Crippen LogP contribution is -2.29. The van der Waals surface area contributed by atoms with Crippen molar-refractivity contribution in [2.75, 3.05) is 27.2 Å². The Morgan fingerprint density at radius 2 is 1.58 bits per heavy atom. The van der Waals surface area contributed by atoms with Crippen LogP contribution >= 0.6 is 0 Å². The first-order valence-electron chi connectivity index (χ1n) is 7.83. The molecule has 26 heavy (non-hydrogen) atoms. The Bertz CT molecular complexity index is 962. The summed E-state index contributed by atoms with van der Waals surface area (Å²) < 4.78 is 38.3. The molecule has 0 atom stereocenters. The first-order chi connectivity index (χ1) is 12.3. The van der Waals surface area contributed by atoms with Gasteiger partial charge in [0.05, 0.1) is 11.4 Å². The molecular weight excluding hydrogens is 361 g/mol.